The summed E-state index contributed by atoms with van der Waals surface area (Å²) in [5, 5.41) is 4.29. The van der Waals surface area contributed by atoms with Crippen molar-refractivity contribution in [1.82, 2.24) is 29.2 Å². The van der Waals surface area contributed by atoms with E-state index in [9.17, 15) is 9.59 Å². The van der Waals surface area contributed by atoms with Crippen LogP contribution >= 0.6 is 0 Å². The van der Waals surface area contributed by atoms with Gasteiger partial charge in [-0.15, -0.1) is 0 Å². The largest absolute Gasteiger partial charge is 0.482 e. The molecule has 10 heteroatoms. The highest BCUT2D eigenvalue weighted by Crippen LogP contribution is 2.70. The number of amides is 2. The number of ether oxygens (including phenoxy) is 1. The number of hydrogen-bond donors (Lipinski definition) is 2. The Labute approximate surface area is 262 Å². The van der Waals surface area contributed by atoms with E-state index in [2.05, 4.69) is 28.9 Å². The van der Waals surface area contributed by atoms with E-state index in [0.29, 0.717) is 28.4 Å². The van der Waals surface area contributed by atoms with Crippen molar-refractivity contribution < 1.29 is 14.3 Å². The fraction of sp³-hybridized carbons (Fsp3) is 0.543. The maximum absolute atomic E-state index is 13.8. The predicted octanol–water partition coefficient (Wildman–Crippen LogP) is 4.76. The Bertz CT molecular complexity index is 1900. The predicted molar refractivity (Wildman–Crippen MR) is 170 cm³/mol. The number of carbonyl (C=O) groups excluding carboxylic acids is 2. The van der Waals surface area contributed by atoms with Crippen molar-refractivity contribution in [3.63, 3.8) is 0 Å². The molecule has 2 aliphatic heterocycles. The summed E-state index contributed by atoms with van der Waals surface area (Å²) in [5.41, 5.74) is 12.6. The highest BCUT2D eigenvalue weighted by atomic mass is 16.5. The van der Waals surface area contributed by atoms with E-state index in [1.54, 1.807) is 7.11 Å². The van der Waals surface area contributed by atoms with Gasteiger partial charge in [0.15, 0.2) is 5.88 Å². The first-order valence-electron chi connectivity index (χ1n) is 16.7. The lowest BCUT2D eigenvalue weighted by Gasteiger charge is -2.23. The summed E-state index contributed by atoms with van der Waals surface area (Å²) in [4.78, 5) is 39.0. The monoisotopic (exact) mass is 607 g/mol. The van der Waals surface area contributed by atoms with Crippen molar-refractivity contribution in [2.45, 2.75) is 95.9 Å². The summed E-state index contributed by atoms with van der Waals surface area (Å²) in [6.07, 6.45) is 8.71. The highest BCUT2D eigenvalue weighted by molar-refractivity contribution is 5.97. The van der Waals surface area contributed by atoms with E-state index in [-0.39, 0.29) is 41.9 Å². The summed E-state index contributed by atoms with van der Waals surface area (Å²) < 4.78 is 10.2. The Hall–Kier alpha value is -3.92. The third kappa shape index (κ3) is 4.24. The van der Waals surface area contributed by atoms with Crippen molar-refractivity contribution >= 4 is 28.5 Å². The molecule has 0 radical (unpaired) electrons. The number of hydrogen-bond acceptors (Lipinski definition) is 6. The molecule has 5 atom stereocenters. The normalized spacial score (nSPS) is 26.6. The maximum atomic E-state index is 13.8. The molecule has 2 amide bonds. The number of aryl methyl sites for hydroxylation is 1. The molecule has 0 aromatic carbocycles. The Morgan fingerprint density at radius 3 is 2.62 bits per heavy atom. The zero-order chi connectivity index (χ0) is 30.8. The van der Waals surface area contributed by atoms with Crippen LogP contribution < -0.4 is 15.8 Å². The molecular formula is C35H41N7O3. The van der Waals surface area contributed by atoms with Gasteiger partial charge in [0.25, 0.3) is 5.91 Å². The van der Waals surface area contributed by atoms with Crippen molar-refractivity contribution in [3.8, 4) is 17.3 Å². The van der Waals surface area contributed by atoms with Gasteiger partial charge in [0.05, 0.1) is 30.2 Å². The first kappa shape index (κ1) is 27.4. The number of methoxy groups -OCH3 is 1. The molecule has 5 fully saturated rings. The van der Waals surface area contributed by atoms with Crippen LogP contribution in [0.4, 0.5) is 0 Å². The van der Waals surface area contributed by atoms with Crippen LogP contribution in [-0.2, 0) is 11.3 Å². The van der Waals surface area contributed by atoms with Gasteiger partial charge in [0, 0.05) is 47.6 Å². The number of nitrogens with two attached hydrogens (primary N) is 1. The van der Waals surface area contributed by atoms with Crippen LogP contribution in [0.2, 0.25) is 0 Å². The van der Waals surface area contributed by atoms with E-state index < -0.39 is 0 Å². The molecule has 234 valence electrons. The first-order chi connectivity index (χ1) is 21.7. The average Bonchev–Trinajstić information content (AvgIpc) is 4.00. The summed E-state index contributed by atoms with van der Waals surface area (Å²) >= 11 is 0. The first-order valence-corrected chi connectivity index (χ1v) is 16.7. The molecule has 3 N–H and O–H groups in total. The number of rotatable bonds is 8. The highest BCUT2D eigenvalue weighted by Gasteiger charge is 2.65. The van der Waals surface area contributed by atoms with Crippen LogP contribution in [0, 0.1) is 24.2 Å². The van der Waals surface area contributed by atoms with Gasteiger partial charge in [-0.3, -0.25) is 14.0 Å². The summed E-state index contributed by atoms with van der Waals surface area (Å²) in [6.45, 7) is 4.95. The van der Waals surface area contributed by atoms with Crippen LogP contribution in [0.5, 0.6) is 5.88 Å². The van der Waals surface area contributed by atoms with Crippen molar-refractivity contribution in [2.75, 3.05) is 7.11 Å². The van der Waals surface area contributed by atoms with E-state index in [1.807, 2.05) is 34.4 Å². The van der Waals surface area contributed by atoms with Crippen LogP contribution in [0.25, 0.3) is 28.1 Å². The quantitative estimate of drug-likeness (QED) is 0.298. The van der Waals surface area contributed by atoms with Gasteiger partial charge in [-0.1, -0.05) is 0 Å². The minimum atomic E-state index is -0.163. The lowest BCUT2D eigenvalue weighted by Crippen LogP contribution is -2.40. The Morgan fingerprint density at radius 2 is 1.96 bits per heavy atom. The molecule has 3 saturated carbocycles. The van der Waals surface area contributed by atoms with Gasteiger partial charge < -0.3 is 25.3 Å². The van der Waals surface area contributed by atoms with E-state index in [4.69, 9.17) is 20.4 Å². The zero-order valence-corrected chi connectivity index (χ0v) is 26.3. The zero-order valence-electron chi connectivity index (χ0n) is 26.3. The van der Waals surface area contributed by atoms with Gasteiger partial charge in [-0.05, 0) is 101 Å². The van der Waals surface area contributed by atoms with Crippen LogP contribution in [0.1, 0.15) is 86.1 Å². The van der Waals surface area contributed by atoms with Crippen molar-refractivity contribution in [2.24, 2.45) is 23.0 Å². The van der Waals surface area contributed by atoms with Crippen molar-refractivity contribution in [1.29, 1.82) is 0 Å². The fourth-order valence-corrected chi connectivity index (χ4v) is 8.44. The fourth-order valence-electron chi connectivity index (χ4n) is 8.44. The Kier molecular flexibility index (Phi) is 5.81. The van der Waals surface area contributed by atoms with E-state index in [1.165, 1.54) is 25.7 Å². The lowest BCUT2D eigenvalue weighted by atomic mass is 9.97. The second-order valence-corrected chi connectivity index (χ2v) is 14.5. The van der Waals surface area contributed by atoms with E-state index >= 15 is 0 Å². The second kappa shape index (κ2) is 9.55. The molecule has 2 saturated heterocycles. The molecule has 1 spiro atoms. The smallest absolute Gasteiger partial charge is 0.254 e. The maximum Gasteiger partial charge on any atom is 0.254 e. The number of carbonyl (C=O) groups is 2. The summed E-state index contributed by atoms with van der Waals surface area (Å²) in [7, 11) is 1.64. The lowest BCUT2D eigenvalue weighted by molar-refractivity contribution is -0.123. The van der Waals surface area contributed by atoms with Gasteiger partial charge in [0.2, 0.25) is 5.91 Å². The third-order valence-corrected chi connectivity index (χ3v) is 11.5. The third-order valence-electron chi connectivity index (χ3n) is 11.5. The van der Waals surface area contributed by atoms with Crippen molar-refractivity contribution in [3.05, 3.63) is 47.3 Å². The number of nitrogens with one attached hydrogen (secondary N) is 1. The minimum Gasteiger partial charge on any atom is -0.482 e. The Morgan fingerprint density at radius 1 is 1.13 bits per heavy atom. The molecule has 4 aromatic heterocycles. The average molecular weight is 608 g/mol. The Balaban J connectivity index is 1.09. The SMILES string of the molecule is COc1cc(C(=O)N2[C@H]3CC[C@@H]2[C@H](N)C3)cc2nc(-c3cc4ccc([C@@H](C)NC(=O)C5CC56CC6)nc4n3CC3CC3)c(C)n12. The minimum absolute atomic E-state index is 0.00762. The molecule has 3 aliphatic carbocycles. The van der Waals surface area contributed by atoms with Gasteiger partial charge in [-0.25, -0.2) is 9.97 Å². The molecular weight excluding hydrogens is 566 g/mol. The van der Waals surface area contributed by atoms with Crippen LogP contribution in [0.15, 0.2) is 30.3 Å². The number of imidazole rings is 1. The second-order valence-electron chi connectivity index (χ2n) is 14.5. The molecule has 2 bridgehead atoms. The molecule has 6 heterocycles. The number of fused-ring (bicyclic) bond motifs is 4. The van der Waals surface area contributed by atoms with Crippen LogP contribution in [-0.4, -0.2) is 60.9 Å². The summed E-state index contributed by atoms with van der Waals surface area (Å²) in [5.74, 6) is 1.56. The molecule has 5 aliphatic rings. The number of aromatic nitrogens is 4. The molecule has 45 heavy (non-hydrogen) atoms. The van der Waals surface area contributed by atoms with Gasteiger partial charge >= 0.3 is 0 Å². The standard InChI is InChI=1S/C35H41N7O3/c1-18(37-33(43)24-16-35(24)10-11-35)26-8-6-21-12-28(40(32(21)38-26)17-20-4-5-20)31-19(2)41-29(39-31)13-22(14-30(41)45-3)34(44)42-23-7-9-27(42)25(36)15-23/h6,8,12-14,18,20,23-25,27H,4-5,7,9-11,15-17,36H2,1-3H3,(H,37,43)/t18-,23+,24?,25-,27-/m1/s1. The van der Waals surface area contributed by atoms with Crippen LogP contribution in [0.3, 0.4) is 0 Å². The molecule has 9 rings (SSSR count). The number of pyridine rings is 2. The van der Waals surface area contributed by atoms with E-state index in [0.717, 1.165) is 66.0 Å². The molecule has 1 unspecified atom stereocenters. The van der Waals surface area contributed by atoms with Gasteiger partial charge in [-0.2, -0.15) is 0 Å². The molecule has 10 nitrogen and oxygen atoms in total. The summed E-state index contributed by atoms with van der Waals surface area (Å²) in [6, 6.07) is 10.3. The van der Waals surface area contributed by atoms with Gasteiger partial charge in [0.1, 0.15) is 17.0 Å². The number of nitrogens with zero attached hydrogens (tertiary/aromatic N) is 5. The molecule has 4 aromatic rings. The topological polar surface area (TPSA) is 120 Å².